The minimum absolute atomic E-state index is 0.0434. The average Bonchev–Trinajstić information content (AvgIpc) is 2.63. The first kappa shape index (κ1) is 7.36. The highest BCUT2D eigenvalue weighted by molar-refractivity contribution is 5.96. The summed E-state index contributed by atoms with van der Waals surface area (Å²) >= 11 is 0. The van der Waals surface area contributed by atoms with Crippen LogP contribution in [0.4, 0.5) is 0 Å². The third-order valence-electron chi connectivity index (χ3n) is 2.06. The van der Waals surface area contributed by atoms with Crippen molar-refractivity contribution in [1.82, 2.24) is 5.32 Å². The summed E-state index contributed by atoms with van der Waals surface area (Å²) in [6.07, 6.45) is 2.76. The van der Waals surface area contributed by atoms with Crippen LogP contribution in [0.15, 0.2) is 23.5 Å². The van der Waals surface area contributed by atoms with E-state index in [1.807, 2.05) is 0 Å². The third kappa shape index (κ3) is 0.783. The van der Waals surface area contributed by atoms with Gasteiger partial charge in [-0.25, -0.2) is 0 Å². The molecule has 0 radical (unpaired) electrons. The Morgan fingerprint density at radius 2 is 2.25 bits per heavy atom. The predicted octanol–water partition coefficient (Wildman–Crippen LogP) is -0.118. The molecule has 64 valence electrons. The van der Waals surface area contributed by atoms with E-state index in [0.717, 1.165) is 0 Å². The lowest BCUT2D eigenvalue weighted by Gasteiger charge is -2.06. The standard InChI is InChI=1S/C8H9NO3/c1-9-8(11)6-4-2-3-5(12-4)7(6)10/h2-5,10H,1H3,(H,9,11). The Bertz CT molecular complexity index is 293. The second-order valence-electron chi connectivity index (χ2n) is 2.74. The van der Waals surface area contributed by atoms with Crippen molar-refractivity contribution in [2.45, 2.75) is 12.2 Å². The number of aliphatic hydroxyl groups excluding tert-OH is 1. The number of nitrogens with one attached hydrogen (secondary N) is 1. The fourth-order valence-electron chi connectivity index (χ4n) is 1.45. The number of amides is 1. The van der Waals surface area contributed by atoms with Crippen molar-refractivity contribution in [3.05, 3.63) is 23.5 Å². The van der Waals surface area contributed by atoms with Crippen LogP contribution in [0.2, 0.25) is 0 Å². The minimum atomic E-state index is -0.401. The first-order valence-corrected chi connectivity index (χ1v) is 3.73. The molecule has 0 aromatic heterocycles. The lowest BCUT2D eigenvalue weighted by Crippen LogP contribution is -2.25. The highest BCUT2D eigenvalue weighted by atomic mass is 16.5. The summed E-state index contributed by atoms with van der Waals surface area (Å²) in [5.74, 6) is -0.230. The summed E-state index contributed by atoms with van der Waals surface area (Å²) in [6, 6.07) is 0. The summed E-state index contributed by atoms with van der Waals surface area (Å²) < 4.78 is 5.22. The van der Waals surface area contributed by atoms with E-state index in [9.17, 15) is 9.90 Å². The molecule has 0 aromatic carbocycles. The zero-order valence-electron chi connectivity index (χ0n) is 6.57. The van der Waals surface area contributed by atoms with Gasteiger partial charge in [0.2, 0.25) is 0 Å². The number of hydrogen-bond acceptors (Lipinski definition) is 3. The van der Waals surface area contributed by atoms with Gasteiger partial charge in [0.1, 0.15) is 18.0 Å². The van der Waals surface area contributed by atoms with Gasteiger partial charge in [0.15, 0.2) is 0 Å². The monoisotopic (exact) mass is 167 g/mol. The molecule has 2 aliphatic rings. The first-order chi connectivity index (χ1) is 5.74. The van der Waals surface area contributed by atoms with Crippen molar-refractivity contribution >= 4 is 5.91 Å². The molecule has 12 heavy (non-hydrogen) atoms. The van der Waals surface area contributed by atoms with Crippen molar-refractivity contribution in [2.24, 2.45) is 0 Å². The maximum absolute atomic E-state index is 11.2. The van der Waals surface area contributed by atoms with E-state index in [0.29, 0.717) is 5.57 Å². The Balaban J connectivity index is 2.32. The van der Waals surface area contributed by atoms with Crippen LogP contribution in [0.1, 0.15) is 0 Å². The molecule has 0 spiro atoms. The fraction of sp³-hybridized carbons (Fsp3) is 0.375. The molecule has 2 heterocycles. The number of likely N-dealkylation sites (N-methyl/N-ethyl adjacent to an activating group) is 1. The van der Waals surface area contributed by atoms with E-state index >= 15 is 0 Å². The maximum atomic E-state index is 11.2. The number of aliphatic hydroxyl groups is 1. The summed E-state index contributed by atoms with van der Waals surface area (Å²) in [5, 5.41) is 11.9. The van der Waals surface area contributed by atoms with E-state index in [1.54, 1.807) is 12.2 Å². The largest absolute Gasteiger partial charge is 0.509 e. The molecule has 0 saturated heterocycles. The van der Waals surface area contributed by atoms with Crippen LogP contribution in [0.3, 0.4) is 0 Å². The molecule has 2 rings (SSSR count). The number of hydrogen-bond donors (Lipinski definition) is 2. The predicted molar refractivity (Wildman–Crippen MR) is 41.5 cm³/mol. The highest BCUT2D eigenvalue weighted by Crippen LogP contribution is 2.32. The molecule has 4 nitrogen and oxygen atoms in total. The topological polar surface area (TPSA) is 58.6 Å². The summed E-state index contributed by atoms with van der Waals surface area (Å²) in [7, 11) is 1.53. The smallest absolute Gasteiger partial charge is 0.253 e. The van der Waals surface area contributed by atoms with Gasteiger partial charge in [0, 0.05) is 7.05 Å². The molecule has 2 atom stereocenters. The minimum Gasteiger partial charge on any atom is -0.509 e. The van der Waals surface area contributed by atoms with Gasteiger partial charge in [0.05, 0.1) is 5.57 Å². The van der Waals surface area contributed by atoms with E-state index in [1.165, 1.54) is 7.05 Å². The number of carbonyl (C=O) groups excluding carboxylic acids is 1. The van der Waals surface area contributed by atoms with E-state index in [4.69, 9.17) is 4.74 Å². The van der Waals surface area contributed by atoms with Gasteiger partial charge >= 0.3 is 0 Å². The molecule has 1 amide bonds. The van der Waals surface area contributed by atoms with E-state index < -0.39 is 6.10 Å². The van der Waals surface area contributed by atoms with Crippen molar-refractivity contribution < 1.29 is 14.6 Å². The third-order valence-corrected chi connectivity index (χ3v) is 2.06. The Kier molecular flexibility index (Phi) is 1.44. The lowest BCUT2D eigenvalue weighted by molar-refractivity contribution is -0.117. The second-order valence-corrected chi connectivity index (χ2v) is 2.74. The Morgan fingerprint density at radius 3 is 2.75 bits per heavy atom. The normalized spacial score (nSPS) is 31.4. The number of carbonyl (C=O) groups is 1. The molecule has 0 fully saturated rings. The quantitative estimate of drug-likeness (QED) is 0.535. The van der Waals surface area contributed by atoms with E-state index in [-0.39, 0.29) is 17.8 Å². The summed E-state index contributed by atoms with van der Waals surface area (Å²) in [6.45, 7) is 0. The van der Waals surface area contributed by atoms with Crippen molar-refractivity contribution in [3.8, 4) is 0 Å². The van der Waals surface area contributed by atoms with Gasteiger partial charge in [0.25, 0.3) is 5.91 Å². The maximum Gasteiger partial charge on any atom is 0.253 e. The molecule has 2 aliphatic heterocycles. The lowest BCUT2D eigenvalue weighted by atomic mass is 10.0. The molecule has 0 saturated carbocycles. The molecule has 0 aromatic rings. The molecule has 4 heteroatoms. The van der Waals surface area contributed by atoms with Crippen LogP contribution in [-0.2, 0) is 9.53 Å². The number of fused-ring (bicyclic) bond motifs is 2. The van der Waals surface area contributed by atoms with Gasteiger partial charge in [-0.3, -0.25) is 4.79 Å². The van der Waals surface area contributed by atoms with Gasteiger partial charge < -0.3 is 15.2 Å². The van der Waals surface area contributed by atoms with Crippen molar-refractivity contribution in [3.63, 3.8) is 0 Å². The summed E-state index contributed by atoms with van der Waals surface area (Å²) in [5.41, 5.74) is 0.338. The molecule has 2 unspecified atom stereocenters. The molecule has 2 N–H and O–H groups in total. The first-order valence-electron chi connectivity index (χ1n) is 3.73. The second kappa shape index (κ2) is 2.35. The van der Waals surface area contributed by atoms with Crippen LogP contribution in [0, 0.1) is 0 Å². The van der Waals surface area contributed by atoms with Gasteiger partial charge in [-0.05, 0) is 6.08 Å². The highest BCUT2D eigenvalue weighted by Gasteiger charge is 2.39. The van der Waals surface area contributed by atoms with Crippen molar-refractivity contribution in [2.75, 3.05) is 7.05 Å². The number of ether oxygens (including phenoxy) is 1. The van der Waals surface area contributed by atoms with Gasteiger partial charge in [-0.15, -0.1) is 0 Å². The molecule has 2 bridgehead atoms. The molecular weight excluding hydrogens is 158 g/mol. The zero-order chi connectivity index (χ0) is 8.72. The Hall–Kier alpha value is -1.29. The van der Waals surface area contributed by atoms with Gasteiger partial charge in [-0.2, -0.15) is 0 Å². The zero-order valence-corrected chi connectivity index (χ0v) is 6.57. The van der Waals surface area contributed by atoms with Gasteiger partial charge in [-0.1, -0.05) is 6.08 Å². The molecule has 0 aliphatic carbocycles. The number of rotatable bonds is 1. The van der Waals surface area contributed by atoms with Crippen LogP contribution in [0.5, 0.6) is 0 Å². The Labute approximate surface area is 69.5 Å². The van der Waals surface area contributed by atoms with Crippen LogP contribution in [0.25, 0.3) is 0 Å². The van der Waals surface area contributed by atoms with E-state index in [2.05, 4.69) is 5.32 Å². The van der Waals surface area contributed by atoms with Crippen LogP contribution < -0.4 is 5.32 Å². The Morgan fingerprint density at radius 1 is 1.58 bits per heavy atom. The van der Waals surface area contributed by atoms with Crippen LogP contribution in [-0.4, -0.2) is 30.3 Å². The fourth-order valence-corrected chi connectivity index (χ4v) is 1.45. The molecular formula is C8H9NO3. The van der Waals surface area contributed by atoms with Crippen molar-refractivity contribution in [1.29, 1.82) is 0 Å². The summed E-state index contributed by atoms with van der Waals surface area (Å²) in [4.78, 5) is 11.2. The average molecular weight is 167 g/mol. The SMILES string of the molecule is CNC(=O)C1=C(O)C2C=CC1O2. The van der Waals surface area contributed by atoms with Crippen LogP contribution >= 0.6 is 0 Å².